The third kappa shape index (κ3) is 7.81. The molecule has 0 aliphatic carbocycles. The standard InChI is InChI=1S/C28H34N4O10/c1-7-40-20-12-18(25-24(27(35)39-6)15(2)30-28(36)31-25)8-9-19(20)41-14-23(34)32-29-13-17-10-21(37-4)26(42-16(3)33)22(11-17)38-5/h8-13,23,25,32,34H,7,14H2,1-6H3,(H2,30,31,36)/b29-13+/t23-,25-/m0/s1. The van der Waals surface area contributed by atoms with Gasteiger partial charge in [-0.15, -0.1) is 0 Å². The van der Waals surface area contributed by atoms with Crippen LogP contribution in [0.3, 0.4) is 0 Å². The predicted molar refractivity (Wildman–Crippen MR) is 150 cm³/mol. The van der Waals surface area contributed by atoms with E-state index < -0.39 is 30.2 Å². The fourth-order valence-electron chi connectivity index (χ4n) is 4.04. The Morgan fingerprint density at radius 1 is 1.07 bits per heavy atom. The number of rotatable bonds is 13. The Bertz CT molecular complexity index is 1350. The first-order chi connectivity index (χ1) is 20.1. The largest absolute Gasteiger partial charge is 0.493 e. The molecule has 2 aromatic rings. The summed E-state index contributed by atoms with van der Waals surface area (Å²) in [5.74, 6) is 0.197. The third-order valence-corrected chi connectivity index (χ3v) is 5.84. The summed E-state index contributed by atoms with van der Waals surface area (Å²) in [6.45, 7) is 4.78. The van der Waals surface area contributed by atoms with Gasteiger partial charge in [0, 0.05) is 18.2 Å². The highest BCUT2D eigenvalue weighted by Crippen LogP contribution is 2.38. The normalized spacial score (nSPS) is 15.3. The van der Waals surface area contributed by atoms with Gasteiger partial charge in [0.25, 0.3) is 0 Å². The number of aliphatic hydroxyl groups is 1. The Morgan fingerprint density at radius 2 is 1.76 bits per heavy atom. The van der Waals surface area contributed by atoms with E-state index in [0.717, 1.165) is 0 Å². The van der Waals surface area contributed by atoms with Crippen LogP contribution in [0, 0.1) is 0 Å². The monoisotopic (exact) mass is 586 g/mol. The average molecular weight is 587 g/mol. The maximum Gasteiger partial charge on any atom is 0.337 e. The lowest BCUT2D eigenvalue weighted by atomic mass is 9.95. The second-order valence-electron chi connectivity index (χ2n) is 8.76. The highest BCUT2D eigenvalue weighted by molar-refractivity contribution is 5.95. The Morgan fingerprint density at radius 3 is 2.36 bits per heavy atom. The number of esters is 2. The zero-order chi connectivity index (χ0) is 30.8. The van der Waals surface area contributed by atoms with Crippen LogP contribution < -0.4 is 39.7 Å². The van der Waals surface area contributed by atoms with Crippen LogP contribution in [0.2, 0.25) is 0 Å². The number of methoxy groups -OCH3 is 3. The quantitative estimate of drug-likeness (QED) is 0.0890. The molecule has 1 heterocycles. The lowest BCUT2D eigenvalue weighted by Gasteiger charge is -2.28. The SMILES string of the molecule is CCOc1cc([C@@H]2NC(=O)NC(C)=C2C(=O)OC)ccc1OC[C@H](O)N/N=C/c1cc(OC)c(OC(C)=O)c(OC)c1. The van der Waals surface area contributed by atoms with Gasteiger partial charge < -0.3 is 44.2 Å². The van der Waals surface area contributed by atoms with E-state index in [-0.39, 0.29) is 29.4 Å². The van der Waals surface area contributed by atoms with E-state index in [9.17, 15) is 19.5 Å². The summed E-state index contributed by atoms with van der Waals surface area (Å²) in [6, 6.07) is 6.84. The molecular weight excluding hydrogens is 552 g/mol. The molecule has 226 valence electrons. The number of carbonyl (C=O) groups is 3. The van der Waals surface area contributed by atoms with Crippen molar-refractivity contribution in [3.63, 3.8) is 0 Å². The lowest BCUT2D eigenvalue weighted by molar-refractivity contribution is -0.136. The highest BCUT2D eigenvalue weighted by atomic mass is 16.6. The van der Waals surface area contributed by atoms with Gasteiger partial charge in [0.15, 0.2) is 29.2 Å². The molecule has 0 bridgehead atoms. The smallest absolute Gasteiger partial charge is 0.337 e. The first kappa shape index (κ1) is 31.5. The van der Waals surface area contributed by atoms with E-state index in [1.165, 1.54) is 34.5 Å². The van der Waals surface area contributed by atoms with E-state index in [4.69, 9.17) is 28.4 Å². The zero-order valence-electron chi connectivity index (χ0n) is 24.1. The fraction of sp³-hybridized carbons (Fsp3) is 0.357. The van der Waals surface area contributed by atoms with Gasteiger partial charge in [-0.3, -0.25) is 10.2 Å². The Hall–Kier alpha value is -4.98. The molecule has 0 radical (unpaired) electrons. The molecule has 2 amide bonds. The van der Waals surface area contributed by atoms with Crippen molar-refractivity contribution in [3.8, 4) is 28.7 Å². The molecule has 14 nitrogen and oxygen atoms in total. The number of benzene rings is 2. The minimum Gasteiger partial charge on any atom is -0.493 e. The number of nitrogens with zero attached hydrogens (tertiary/aromatic N) is 1. The summed E-state index contributed by atoms with van der Waals surface area (Å²) in [6.07, 6.45) is 0.202. The second-order valence-corrected chi connectivity index (χ2v) is 8.76. The summed E-state index contributed by atoms with van der Waals surface area (Å²) >= 11 is 0. The van der Waals surface area contributed by atoms with Crippen molar-refractivity contribution in [2.45, 2.75) is 33.0 Å². The molecule has 42 heavy (non-hydrogen) atoms. The summed E-state index contributed by atoms with van der Waals surface area (Å²) < 4.78 is 32.1. The van der Waals surface area contributed by atoms with Crippen molar-refractivity contribution in [2.24, 2.45) is 5.10 Å². The van der Waals surface area contributed by atoms with Gasteiger partial charge in [0.05, 0.1) is 45.8 Å². The number of ether oxygens (including phenoxy) is 6. The molecule has 4 N–H and O–H groups in total. The van der Waals surface area contributed by atoms with Crippen LogP contribution in [0.15, 0.2) is 46.7 Å². The number of carbonyl (C=O) groups excluding carboxylic acids is 3. The molecule has 0 spiro atoms. The van der Waals surface area contributed by atoms with E-state index in [1.807, 2.05) is 0 Å². The number of allylic oxidation sites excluding steroid dienone is 1. The number of hydrazone groups is 1. The van der Waals surface area contributed by atoms with Gasteiger partial charge in [-0.05, 0) is 43.7 Å². The number of urea groups is 1. The number of amides is 2. The van der Waals surface area contributed by atoms with Crippen LogP contribution in [0.4, 0.5) is 4.79 Å². The molecule has 1 aliphatic heterocycles. The van der Waals surface area contributed by atoms with Gasteiger partial charge in [-0.2, -0.15) is 5.10 Å². The van der Waals surface area contributed by atoms with E-state index in [0.29, 0.717) is 34.9 Å². The second kappa shape index (κ2) is 14.6. The summed E-state index contributed by atoms with van der Waals surface area (Å²) in [5, 5.41) is 19.7. The first-order valence-corrected chi connectivity index (χ1v) is 12.8. The van der Waals surface area contributed by atoms with Gasteiger partial charge in [0.2, 0.25) is 5.75 Å². The van der Waals surface area contributed by atoms with Crippen LogP contribution in [0.25, 0.3) is 0 Å². The number of nitrogens with one attached hydrogen (secondary N) is 3. The third-order valence-electron chi connectivity index (χ3n) is 5.84. The van der Waals surface area contributed by atoms with Crippen LogP contribution in [0.5, 0.6) is 28.7 Å². The first-order valence-electron chi connectivity index (χ1n) is 12.8. The molecule has 1 aliphatic rings. The predicted octanol–water partition coefficient (Wildman–Crippen LogP) is 2.15. The molecule has 14 heteroatoms. The van der Waals surface area contributed by atoms with Crippen molar-refractivity contribution < 1.29 is 47.9 Å². The van der Waals surface area contributed by atoms with Crippen molar-refractivity contribution in [2.75, 3.05) is 34.5 Å². The topological polar surface area (TPSA) is 175 Å². The van der Waals surface area contributed by atoms with Crippen molar-refractivity contribution >= 4 is 24.2 Å². The molecule has 0 saturated heterocycles. The molecule has 2 aromatic carbocycles. The summed E-state index contributed by atoms with van der Waals surface area (Å²) in [4.78, 5) is 35.9. The minimum absolute atomic E-state index is 0.136. The van der Waals surface area contributed by atoms with Crippen LogP contribution in [0.1, 0.15) is 37.9 Å². The molecule has 0 fully saturated rings. The average Bonchev–Trinajstić information content (AvgIpc) is 2.96. The van der Waals surface area contributed by atoms with E-state index in [1.54, 1.807) is 44.2 Å². The lowest BCUT2D eigenvalue weighted by Crippen LogP contribution is -2.45. The number of hydrogen-bond acceptors (Lipinski definition) is 12. The molecule has 2 atom stereocenters. The zero-order valence-corrected chi connectivity index (χ0v) is 24.1. The van der Waals surface area contributed by atoms with Gasteiger partial charge in [0.1, 0.15) is 6.61 Å². The number of hydrogen-bond donors (Lipinski definition) is 4. The number of aliphatic hydroxyl groups excluding tert-OH is 1. The van der Waals surface area contributed by atoms with Crippen molar-refractivity contribution in [3.05, 3.63) is 52.7 Å². The maximum absolute atomic E-state index is 12.4. The van der Waals surface area contributed by atoms with Crippen molar-refractivity contribution in [1.29, 1.82) is 0 Å². The van der Waals surface area contributed by atoms with Gasteiger partial charge in [-0.1, -0.05) is 6.07 Å². The van der Waals surface area contributed by atoms with E-state index in [2.05, 4.69) is 21.2 Å². The molecule has 0 aromatic heterocycles. The summed E-state index contributed by atoms with van der Waals surface area (Å²) in [5.41, 5.74) is 4.28. The van der Waals surface area contributed by atoms with Crippen LogP contribution in [-0.2, 0) is 14.3 Å². The molecule has 0 unspecified atom stereocenters. The Kier molecular flexibility index (Phi) is 11.0. The Balaban J connectivity index is 1.71. The summed E-state index contributed by atoms with van der Waals surface area (Å²) in [7, 11) is 4.10. The van der Waals surface area contributed by atoms with Crippen LogP contribution in [-0.4, -0.2) is 70.1 Å². The Labute approximate surface area is 242 Å². The molecule has 0 saturated carbocycles. The fourth-order valence-corrected chi connectivity index (χ4v) is 4.04. The molecular formula is C28H34N4O10. The van der Waals surface area contributed by atoms with Gasteiger partial charge >= 0.3 is 18.0 Å². The van der Waals surface area contributed by atoms with Crippen LogP contribution >= 0.6 is 0 Å². The maximum atomic E-state index is 12.4. The van der Waals surface area contributed by atoms with Gasteiger partial charge in [-0.25, -0.2) is 9.59 Å². The highest BCUT2D eigenvalue weighted by Gasteiger charge is 2.32. The van der Waals surface area contributed by atoms with Crippen molar-refractivity contribution in [1.82, 2.24) is 16.1 Å². The minimum atomic E-state index is -1.21. The van der Waals surface area contributed by atoms with E-state index >= 15 is 0 Å². The molecule has 3 rings (SSSR count).